The lowest BCUT2D eigenvalue weighted by molar-refractivity contribution is -0.135. The van der Waals surface area contributed by atoms with Crippen molar-refractivity contribution in [3.63, 3.8) is 0 Å². The van der Waals surface area contributed by atoms with Gasteiger partial charge in [-0.05, 0) is 30.7 Å². The molecule has 0 aromatic heterocycles. The lowest BCUT2D eigenvalue weighted by Gasteiger charge is -2.30. The van der Waals surface area contributed by atoms with E-state index in [9.17, 15) is 9.59 Å². The number of nitrogens with one attached hydrogen (secondary N) is 1. The molecule has 1 heterocycles. The number of anilines is 1. The van der Waals surface area contributed by atoms with Gasteiger partial charge in [-0.1, -0.05) is 48.5 Å². The Bertz CT molecular complexity index is 821. The van der Waals surface area contributed by atoms with Gasteiger partial charge in [0.1, 0.15) is 0 Å². The standard InChI is InChI=1S/C22H27N3O2/c1-23-13-14-24(2)20(26)16-22(15-17-9-5-4-6-10-17)18-11-7-8-12-19(18)25(3)21(22)27/h4-12,23H,13-16H2,1-3H3/t22-/m1/s1. The first kappa shape index (κ1) is 19.1. The summed E-state index contributed by atoms with van der Waals surface area (Å²) < 4.78 is 0. The summed E-state index contributed by atoms with van der Waals surface area (Å²) in [6.45, 7) is 1.33. The van der Waals surface area contributed by atoms with Gasteiger partial charge in [0, 0.05) is 39.3 Å². The number of likely N-dealkylation sites (N-methyl/N-ethyl adjacent to an activating group) is 3. The second-order valence-corrected chi connectivity index (χ2v) is 7.22. The van der Waals surface area contributed by atoms with Gasteiger partial charge in [0.25, 0.3) is 0 Å². The minimum absolute atomic E-state index is 0.0112. The summed E-state index contributed by atoms with van der Waals surface area (Å²) in [6, 6.07) is 17.8. The molecule has 2 aromatic rings. The Morgan fingerprint density at radius 2 is 1.78 bits per heavy atom. The number of hydrogen-bond donors (Lipinski definition) is 1. The maximum Gasteiger partial charge on any atom is 0.238 e. The third kappa shape index (κ3) is 3.60. The Morgan fingerprint density at radius 1 is 1.11 bits per heavy atom. The number of carbonyl (C=O) groups is 2. The molecule has 1 N–H and O–H groups in total. The van der Waals surface area contributed by atoms with Gasteiger partial charge in [-0.15, -0.1) is 0 Å². The predicted octanol–water partition coefficient (Wildman–Crippen LogP) is 2.21. The van der Waals surface area contributed by atoms with E-state index in [1.54, 1.807) is 23.9 Å². The second-order valence-electron chi connectivity index (χ2n) is 7.22. The Kier molecular flexibility index (Phi) is 5.61. The summed E-state index contributed by atoms with van der Waals surface area (Å²) in [5, 5.41) is 3.06. The van der Waals surface area contributed by atoms with E-state index in [0.717, 1.165) is 23.4 Å². The van der Waals surface area contributed by atoms with Crippen molar-refractivity contribution in [1.82, 2.24) is 10.2 Å². The Labute approximate surface area is 161 Å². The molecule has 1 atom stereocenters. The van der Waals surface area contributed by atoms with Crippen molar-refractivity contribution in [2.24, 2.45) is 0 Å². The topological polar surface area (TPSA) is 52.7 Å². The van der Waals surface area contributed by atoms with Crippen LogP contribution in [-0.2, 0) is 21.4 Å². The Hall–Kier alpha value is -2.66. The molecule has 0 saturated carbocycles. The molecule has 0 saturated heterocycles. The number of para-hydroxylation sites is 1. The van der Waals surface area contributed by atoms with Crippen LogP contribution in [0.15, 0.2) is 54.6 Å². The fraction of sp³-hybridized carbons (Fsp3) is 0.364. The minimum Gasteiger partial charge on any atom is -0.344 e. The first-order valence-corrected chi connectivity index (χ1v) is 9.30. The van der Waals surface area contributed by atoms with E-state index >= 15 is 0 Å². The van der Waals surface area contributed by atoms with Crippen molar-refractivity contribution < 1.29 is 9.59 Å². The number of carbonyl (C=O) groups excluding carboxylic acids is 2. The maximum atomic E-state index is 13.4. The van der Waals surface area contributed by atoms with Crippen molar-refractivity contribution in [2.75, 3.05) is 39.1 Å². The number of hydrogen-bond acceptors (Lipinski definition) is 3. The van der Waals surface area contributed by atoms with Gasteiger partial charge in [0.05, 0.1) is 5.41 Å². The van der Waals surface area contributed by atoms with Crippen LogP contribution in [-0.4, -0.2) is 50.9 Å². The molecule has 0 spiro atoms. The maximum absolute atomic E-state index is 13.4. The number of rotatable bonds is 7. The second kappa shape index (κ2) is 7.92. The van der Waals surface area contributed by atoms with Crippen LogP contribution in [0.25, 0.3) is 0 Å². The van der Waals surface area contributed by atoms with Crippen LogP contribution in [0, 0.1) is 0 Å². The van der Waals surface area contributed by atoms with Crippen LogP contribution in [0.5, 0.6) is 0 Å². The summed E-state index contributed by atoms with van der Waals surface area (Å²) in [5.74, 6) is -0.0254. The third-order valence-electron chi connectivity index (χ3n) is 5.42. The zero-order chi connectivity index (χ0) is 19.4. The highest BCUT2D eigenvalue weighted by molar-refractivity contribution is 6.09. The van der Waals surface area contributed by atoms with Crippen LogP contribution in [0.1, 0.15) is 17.5 Å². The normalized spacial score (nSPS) is 18.5. The average molecular weight is 365 g/mol. The molecule has 2 amide bonds. The number of benzene rings is 2. The van der Waals surface area contributed by atoms with Gasteiger partial charge in [-0.2, -0.15) is 0 Å². The zero-order valence-corrected chi connectivity index (χ0v) is 16.2. The monoisotopic (exact) mass is 365 g/mol. The molecule has 0 radical (unpaired) electrons. The van der Waals surface area contributed by atoms with Crippen LogP contribution in [0.4, 0.5) is 5.69 Å². The van der Waals surface area contributed by atoms with E-state index in [2.05, 4.69) is 5.32 Å². The Morgan fingerprint density at radius 3 is 2.48 bits per heavy atom. The molecule has 0 bridgehead atoms. The molecule has 1 aliphatic heterocycles. The van der Waals surface area contributed by atoms with E-state index in [0.29, 0.717) is 13.0 Å². The van der Waals surface area contributed by atoms with Crippen molar-refractivity contribution in [3.8, 4) is 0 Å². The average Bonchev–Trinajstić information content (AvgIpc) is 2.89. The number of fused-ring (bicyclic) bond motifs is 1. The first-order valence-electron chi connectivity index (χ1n) is 9.30. The molecule has 0 unspecified atom stereocenters. The molecular formula is C22H27N3O2. The molecular weight excluding hydrogens is 338 g/mol. The summed E-state index contributed by atoms with van der Waals surface area (Å²) >= 11 is 0. The SMILES string of the molecule is CNCCN(C)C(=O)C[C@@]1(Cc2ccccc2)C(=O)N(C)c2ccccc21. The summed E-state index contributed by atoms with van der Waals surface area (Å²) in [4.78, 5) is 29.8. The quantitative estimate of drug-likeness (QED) is 0.819. The summed E-state index contributed by atoms with van der Waals surface area (Å²) in [6.07, 6.45) is 0.682. The first-order chi connectivity index (χ1) is 13.0. The molecule has 0 fully saturated rings. The van der Waals surface area contributed by atoms with E-state index in [1.165, 1.54) is 0 Å². The molecule has 1 aliphatic rings. The molecule has 5 nitrogen and oxygen atoms in total. The van der Waals surface area contributed by atoms with E-state index < -0.39 is 5.41 Å². The van der Waals surface area contributed by atoms with Crippen LogP contribution < -0.4 is 10.2 Å². The van der Waals surface area contributed by atoms with Crippen molar-refractivity contribution in [2.45, 2.75) is 18.3 Å². The van der Waals surface area contributed by atoms with E-state index in [4.69, 9.17) is 0 Å². The highest BCUT2D eigenvalue weighted by Crippen LogP contribution is 2.45. The van der Waals surface area contributed by atoms with Gasteiger partial charge >= 0.3 is 0 Å². The summed E-state index contributed by atoms with van der Waals surface area (Å²) in [7, 11) is 5.45. The third-order valence-corrected chi connectivity index (χ3v) is 5.42. The van der Waals surface area contributed by atoms with Gasteiger partial charge in [0.15, 0.2) is 0 Å². The molecule has 27 heavy (non-hydrogen) atoms. The molecule has 142 valence electrons. The van der Waals surface area contributed by atoms with Crippen molar-refractivity contribution in [3.05, 3.63) is 65.7 Å². The largest absolute Gasteiger partial charge is 0.344 e. The fourth-order valence-corrected chi connectivity index (χ4v) is 3.86. The molecule has 5 heteroatoms. The van der Waals surface area contributed by atoms with Gasteiger partial charge < -0.3 is 15.1 Å². The predicted molar refractivity (Wildman–Crippen MR) is 108 cm³/mol. The fourth-order valence-electron chi connectivity index (χ4n) is 3.86. The highest BCUT2D eigenvalue weighted by Gasteiger charge is 2.51. The lowest BCUT2D eigenvalue weighted by Crippen LogP contribution is -2.45. The zero-order valence-electron chi connectivity index (χ0n) is 16.2. The smallest absolute Gasteiger partial charge is 0.238 e. The van der Waals surface area contributed by atoms with Crippen molar-refractivity contribution >= 4 is 17.5 Å². The minimum atomic E-state index is -0.863. The van der Waals surface area contributed by atoms with Gasteiger partial charge in [-0.3, -0.25) is 9.59 Å². The van der Waals surface area contributed by atoms with Gasteiger partial charge in [0.2, 0.25) is 11.8 Å². The van der Waals surface area contributed by atoms with Gasteiger partial charge in [-0.25, -0.2) is 0 Å². The number of nitrogens with zero attached hydrogens (tertiary/aromatic N) is 2. The summed E-state index contributed by atoms with van der Waals surface area (Å²) in [5.41, 5.74) is 2.03. The number of amides is 2. The van der Waals surface area contributed by atoms with Crippen LogP contribution in [0.3, 0.4) is 0 Å². The van der Waals surface area contributed by atoms with E-state index in [-0.39, 0.29) is 18.2 Å². The molecule has 3 rings (SSSR count). The molecule has 2 aromatic carbocycles. The van der Waals surface area contributed by atoms with Crippen LogP contribution in [0.2, 0.25) is 0 Å². The van der Waals surface area contributed by atoms with Crippen molar-refractivity contribution in [1.29, 1.82) is 0 Å². The van der Waals surface area contributed by atoms with E-state index in [1.807, 2.05) is 61.6 Å². The highest BCUT2D eigenvalue weighted by atomic mass is 16.2. The Balaban J connectivity index is 2.00. The van der Waals surface area contributed by atoms with Crippen LogP contribution >= 0.6 is 0 Å². The molecule has 0 aliphatic carbocycles. The lowest BCUT2D eigenvalue weighted by atomic mass is 9.73.